The highest BCUT2D eigenvalue weighted by Gasteiger charge is 2.30. The smallest absolute Gasteiger partial charge is 0.224 e. The van der Waals surface area contributed by atoms with E-state index >= 15 is 0 Å². The second kappa shape index (κ2) is 7.68. The van der Waals surface area contributed by atoms with Gasteiger partial charge < -0.3 is 10.2 Å². The van der Waals surface area contributed by atoms with Gasteiger partial charge in [0.2, 0.25) is 5.95 Å². The van der Waals surface area contributed by atoms with Crippen molar-refractivity contribution in [3.05, 3.63) is 12.3 Å². The van der Waals surface area contributed by atoms with Crippen LogP contribution in [0.25, 0.3) is 0 Å². The van der Waals surface area contributed by atoms with E-state index in [0.717, 1.165) is 37.3 Å². The summed E-state index contributed by atoms with van der Waals surface area (Å²) in [5.74, 6) is 2.87. The van der Waals surface area contributed by atoms with Gasteiger partial charge in [0.1, 0.15) is 5.82 Å². The summed E-state index contributed by atoms with van der Waals surface area (Å²) in [5, 5.41) is 3.51. The summed E-state index contributed by atoms with van der Waals surface area (Å²) < 4.78 is 0. The van der Waals surface area contributed by atoms with Gasteiger partial charge in [0.25, 0.3) is 0 Å². The Labute approximate surface area is 145 Å². The van der Waals surface area contributed by atoms with Crippen LogP contribution in [0.3, 0.4) is 0 Å². The number of rotatable bonds is 6. The van der Waals surface area contributed by atoms with E-state index in [1.54, 1.807) is 0 Å². The van der Waals surface area contributed by atoms with Gasteiger partial charge in [0.05, 0.1) is 0 Å². The van der Waals surface area contributed by atoms with Crippen molar-refractivity contribution in [2.45, 2.75) is 57.4 Å². The predicted octanol–water partition coefficient (Wildman–Crippen LogP) is 3.14. The van der Waals surface area contributed by atoms with E-state index in [9.17, 15) is 0 Å². The van der Waals surface area contributed by atoms with Crippen LogP contribution in [0, 0.1) is 5.92 Å². The molecule has 3 heterocycles. The molecule has 3 aliphatic rings. The Morgan fingerprint density at radius 2 is 1.83 bits per heavy atom. The zero-order valence-corrected chi connectivity index (χ0v) is 14.8. The van der Waals surface area contributed by atoms with Crippen LogP contribution in [0.1, 0.15) is 51.4 Å². The van der Waals surface area contributed by atoms with Crippen LogP contribution in [0.2, 0.25) is 0 Å². The second-order valence-corrected chi connectivity index (χ2v) is 7.75. The number of hydrogen-bond acceptors (Lipinski definition) is 5. The molecule has 1 atom stereocenters. The molecule has 1 aliphatic carbocycles. The lowest BCUT2D eigenvalue weighted by atomic mass is 10.2. The number of hydrogen-bond donors (Lipinski definition) is 1. The number of nitrogens with zero attached hydrogens (tertiary/aromatic N) is 4. The molecule has 0 amide bonds. The number of nitrogens with one attached hydrogen (secondary N) is 1. The molecule has 0 spiro atoms. The van der Waals surface area contributed by atoms with Crippen LogP contribution in [-0.4, -0.2) is 53.6 Å². The number of aromatic nitrogens is 2. The van der Waals surface area contributed by atoms with E-state index in [0.29, 0.717) is 6.04 Å². The topological polar surface area (TPSA) is 44.3 Å². The highest BCUT2D eigenvalue weighted by molar-refractivity contribution is 5.42. The first kappa shape index (κ1) is 16.1. The van der Waals surface area contributed by atoms with Crippen molar-refractivity contribution in [3.8, 4) is 0 Å². The molecular formula is C19H31N5. The lowest BCUT2D eigenvalue weighted by Crippen LogP contribution is -2.36. The fourth-order valence-electron chi connectivity index (χ4n) is 4.12. The average molecular weight is 329 g/mol. The summed E-state index contributed by atoms with van der Waals surface area (Å²) in [5.41, 5.74) is 0. The van der Waals surface area contributed by atoms with Crippen LogP contribution < -0.4 is 10.2 Å². The summed E-state index contributed by atoms with van der Waals surface area (Å²) in [4.78, 5) is 14.3. The van der Waals surface area contributed by atoms with E-state index in [1.807, 2.05) is 6.20 Å². The molecule has 24 heavy (non-hydrogen) atoms. The average Bonchev–Trinajstić information content (AvgIpc) is 3.37. The highest BCUT2D eigenvalue weighted by Crippen LogP contribution is 2.32. The molecule has 1 unspecified atom stereocenters. The van der Waals surface area contributed by atoms with Gasteiger partial charge in [-0.25, -0.2) is 4.98 Å². The first-order chi connectivity index (χ1) is 11.9. The van der Waals surface area contributed by atoms with Gasteiger partial charge in [0.15, 0.2) is 0 Å². The van der Waals surface area contributed by atoms with Gasteiger partial charge in [-0.15, -0.1) is 0 Å². The van der Waals surface area contributed by atoms with Gasteiger partial charge in [-0.1, -0.05) is 12.8 Å². The van der Waals surface area contributed by atoms with Crippen molar-refractivity contribution >= 4 is 11.8 Å². The van der Waals surface area contributed by atoms with Gasteiger partial charge >= 0.3 is 0 Å². The van der Waals surface area contributed by atoms with Crippen molar-refractivity contribution in [1.29, 1.82) is 0 Å². The van der Waals surface area contributed by atoms with Crippen molar-refractivity contribution in [1.82, 2.24) is 14.9 Å². The molecule has 2 aliphatic heterocycles. The minimum absolute atomic E-state index is 0.663. The predicted molar refractivity (Wildman–Crippen MR) is 98.5 cm³/mol. The normalized spacial score (nSPS) is 25.7. The maximum atomic E-state index is 4.78. The van der Waals surface area contributed by atoms with Gasteiger partial charge in [-0.2, -0.15) is 4.98 Å². The number of anilines is 2. The SMILES string of the molecule is c1cc(N2CCCCCC2)nc(NCC2CCCN2CC2CC2)n1. The molecule has 1 aromatic rings. The lowest BCUT2D eigenvalue weighted by Gasteiger charge is -2.25. The van der Waals surface area contributed by atoms with E-state index in [1.165, 1.54) is 64.5 Å². The van der Waals surface area contributed by atoms with Crippen molar-refractivity contribution < 1.29 is 0 Å². The van der Waals surface area contributed by atoms with Crippen LogP contribution in [-0.2, 0) is 0 Å². The Kier molecular flexibility index (Phi) is 5.16. The summed E-state index contributed by atoms with van der Waals surface area (Å²) >= 11 is 0. The fraction of sp³-hybridized carbons (Fsp3) is 0.789. The van der Waals surface area contributed by atoms with Crippen molar-refractivity contribution in [2.75, 3.05) is 42.9 Å². The van der Waals surface area contributed by atoms with Crippen molar-refractivity contribution in [3.63, 3.8) is 0 Å². The van der Waals surface area contributed by atoms with Crippen LogP contribution in [0.5, 0.6) is 0 Å². The molecule has 0 aromatic carbocycles. The quantitative estimate of drug-likeness (QED) is 0.868. The molecule has 0 radical (unpaired) electrons. The van der Waals surface area contributed by atoms with E-state index < -0.39 is 0 Å². The third-order valence-electron chi connectivity index (χ3n) is 5.76. The summed E-state index contributed by atoms with van der Waals surface area (Å²) in [6, 6.07) is 2.72. The Hall–Kier alpha value is -1.36. The van der Waals surface area contributed by atoms with Crippen LogP contribution in [0.4, 0.5) is 11.8 Å². The molecule has 5 nitrogen and oxygen atoms in total. The lowest BCUT2D eigenvalue weighted by molar-refractivity contribution is 0.252. The van der Waals surface area contributed by atoms with E-state index in [2.05, 4.69) is 26.2 Å². The Balaban J connectivity index is 1.33. The molecule has 4 rings (SSSR count). The standard InChI is InChI=1S/C19H31N5/c1-2-4-12-23(11-3-1)18-9-10-20-19(22-18)21-14-17-6-5-13-24(17)15-16-7-8-16/h9-10,16-17H,1-8,11-15H2,(H,20,21,22). The summed E-state index contributed by atoms with van der Waals surface area (Å²) in [7, 11) is 0. The maximum absolute atomic E-state index is 4.78. The van der Waals surface area contributed by atoms with E-state index in [4.69, 9.17) is 4.98 Å². The molecule has 1 aromatic heterocycles. The number of likely N-dealkylation sites (tertiary alicyclic amines) is 1. The first-order valence-electron chi connectivity index (χ1n) is 9.94. The van der Waals surface area contributed by atoms with Crippen LogP contribution in [0.15, 0.2) is 12.3 Å². The summed E-state index contributed by atoms with van der Waals surface area (Å²) in [6.45, 7) is 5.83. The molecule has 5 heteroatoms. The fourth-order valence-corrected chi connectivity index (χ4v) is 4.12. The van der Waals surface area contributed by atoms with E-state index in [-0.39, 0.29) is 0 Å². The Morgan fingerprint density at radius 1 is 1.00 bits per heavy atom. The largest absolute Gasteiger partial charge is 0.356 e. The van der Waals surface area contributed by atoms with Crippen molar-refractivity contribution in [2.24, 2.45) is 5.92 Å². The Morgan fingerprint density at radius 3 is 2.62 bits per heavy atom. The zero-order valence-electron chi connectivity index (χ0n) is 14.8. The first-order valence-corrected chi connectivity index (χ1v) is 9.94. The van der Waals surface area contributed by atoms with Crippen LogP contribution >= 0.6 is 0 Å². The highest BCUT2D eigenvalue weighted by atomic mass is 15.2. The third-order valence-corrected chi connectivity index (χ3v) is 5.76. The third kappa shape index (κ3) is 4.18. The monoisotopic (exact) mass is 329 g/mol. The van der Waals surface area contributed by atoms with Gasteiger partial charge in [-0.05, 0) is 57.1 Å². The maximum Gasteiger partial charge on any atom is 0.224 e. The summed E-state index contributed by atoms with van der Waals surface area (Å²) in [6.07, 6.45) is 12.7. The Bertz CT molecular complexity index is 522. The minimum atomic E-state index is 0.663. The second-order valence-electron chi connectivity index (χ2n) is 7.75. The molecule has 0 bridgehead atoms. The minimum Gasteiger partial charge on any atom is -0.356 e. The molecule has 1 N–H and O–H groups in total. The molecule has 1 saturated carbocycles. The van der Waals surface area contributed by atoms with Gasteiger partial charge in [-0.3, -0.25) is 4.90 Å². The molecule has 132 valence electrons. The van der Waals surface area contributed by atoms with Gasteiger partial charge in [0, 0.05) is 38.4 Å². The zero-order chi connectivity index (χ0) is 16.2. The molecule has 3 fully saturated rings. The molecular weight excluding hydrogens is 298 g/mol. The molecule has 2 saturated heterocycles.